The highest BCUT2D eigenvalue weighted by Crippen LogP contribution is 2.53. The topological polar surface area (TPSA) is 81.8 Å². The third-order valence-corrected chi connectivity index (χ3v) is 6.83. The molecule has 1 N–H and O–H groups in total. The molecule has 0 spiro atoms. The monoisotopic (exact) mass is 431 g/mol. The highest BCUT2D eigenvalue weighted by molar-refractivity contribution is 5.54. The minimum absolute atomic E-state index is 0.199. The fourth-order valence-electron chi connectivity index (χ4n) is 5.18. The van der Waals surface area contributed by atoms with E-state index in [2.05, 4.69) is 37.8 Å². The summed E-state index contributed by atoms with van der Waals surface area (Å²) in [4.78, 5) is 14.4. The van der Waals surface area contributed by atoms with Crippen LogP contribution in [0.3, 0.4) is 0 Å². The molecular weight excluding hydrogens is 394 g/mol. The number of allylic oxidation sites excluding steroid dienone is 2. The van der Waals surface area contributed by atoms with Gasteiger partial charge in [-0.05, 0) is 70.6 Å². The molecule has 1 aromatic carbocycles. The zero-order valence-electron chi connectivity index (χ0n) is 19.2. The van der Waals surface area contributed by atoms with Gasteiger partial charge in [0.25, 0.3) is 5.09 Å². The number of hydrogen-bond acceptors (Lipinski definition) is 5. The van der Waals surface area contributed by atoms with E-state index in [1.54, 1.807) is 0 Å². The fraction of sp³-hybridized carbons (Fsp3) is 0.680. The lowest BCUT2D eigenvalue weighted by atomic mass is 9.68. The fourth-order valence-corrected chi connectivity index (χ4v) is 5.18. The van der Waals surface area contributed by atoms with Crippen molar-refractivity contribution in [3.8, 4) is 11.5 Å². The van der Waals surface area contributed by atoms with E-state index < -0.39 is 5.09 Å². The number of rotatable bonds is 11. The van der Waals surface area contributed by atoms with Crippen LogP contribution in [-0.2, 0) is 11.3 Å². The Morgan fingerprint density at radius 3 is 2.55 bits per heavy atom. The molecule has 0 bridgehead atoms. The van der Waals surface area contributed by atoms with Crippen LogP contribution < -0.4 is 4.74 Å². The number of unbranched alkanes of at least 4 members (excludes halogenated alkanes) is 6. The smallest absolute Gasteiger partial charge is 0.294 e. The van der Waals surface area contributed by atoms with Gasteiger partial charge in [-0.1, -0.05) is 43.8 Å². The first-order valence-electron chi connectivity index (χ1n) is 11.8. The third-order valence-electron chi connectivity index (χ3n) is 6.83. The first-order valence-corrected chi connectivity index (χ1v) is 11.8. The van der Waals surface area contributed by atoms with E-state index in [0.29, 0.717) is 11.7 Å². The van der Waals surface area contributed by atoms with Crippen molar-refractivity contribution in [3.63, 3.8) is 0 Å². The molecule has 0 radical (unpaired) electrons. The Hall–Kier alpha value is -2.24. The minimum Gasteiger partial charge on any atom is -0.507 e. The lowest BCUT2D eigenvalue weighted by Gasteiger charge is -2.46. The van der Waals surface area contributed by atoms with Gasteiger partial charge in [0, 0.05) is 17.4 Å². The minimum atomic E-state index is -0.726. The highest BCUT2D eigenvalue weighted by Gasteiger charge is 2.45. The Morgan fingerprint density at radius 1 is 1.16 bits per heavy atom. The van der Waals surface area contributed by atoms with Crippen LogP contribution >= 0.6 is 0 Å². The van der Waals surface area contributed by atoms with Gasteiger partial charge in [-0.3, -0.25) is 0 Å². The zero-order valence-corrected chi connectivity index (χ0v) is 19.2. The maximum Gasteiger partial charge on any atom is 0.294 e. The Bertz CT molecular complexity index is 801. The SMILES string of the molecule is CC1=C[C@H]2c3c(O)cc(CCCCCCCCCO[N+](=O)[O-])cc3OC(C)(C)[C@@H]2CC1. The number of ether oxygens (including phenoxy) is 1. The van der Waals surface area contributed by atoms with Crippen LogP contribution in [0.4, 0.5) is 0 Å². The zero-order chi connectivity index (χ0) is 22.4. The highest BCUT2D eigenvalue weighted by atomic mass is 16.9. The second kappa shape index (κ2) is 10.4. The van der Waals surface area contributed by atoms with Crippen molar-refractivity contribution < 1.29 is 19.8 Å². The summed E-state index contributed by atoms with van der Waals surface area (Å²) in [6.07, 6.45) is 12.8. The van der Waals surface area contributed by atoms with Crippen molar-refractivity contribution in [2.75, 3.05) is 6.61 Å². The Kier molecular flexibility index (Phi) is 7.84. The summed E-state index contributed by atoms with van der Waals surface area (Å²) < 4.78 is 6.41. The van der Waals surface area contributed by atoms with E-state index in [9.17, 15) is 15.2 Å². The van der Waals surface area contributed by atoms with Crippen LogP contribution in [0, 0.1) is 16.0 Å². The van der Waals surface area contributed by atoms with Gasteiger partial charge in [0.05, 0.1) is 6.61 Å². The maximum atomic E-state index is 10.8. The van der Waals surface area contributed by atoms with E-state index in [1.165, 1.54) is 5.57 Å². The normalized spacial score (nSPS) is 21.5. The number of hydrogen-bond donors (Lipinski definition) is 1. The number of aromatic hydroxyl groups is 1. The Labute approximate surface area is 185 Å². The van der Waals surface area contributed by atoms with Gasteiger partial charge in [-0.2, -0.15) is 0 Å². The first-order chi connectivity index (χ1) is 14.8. The number of fused-ring (bicyclic) bond motifs is 3. The van der Waals surface area contributed by atoms with Crippen LogP contribution in [0.15, 0.2) is 23.8 Å². The molecule has 0 saturated heterocycles. The van der Waals surface area contributed by atoms with E-state index in [-0.39, 0.29) is 18.1 Å². The predicted molar refractivity (Wildman–Crippen MR) is 121 cm³/mol. The molecule has 172 valence electrons. The average molecular weight is 432 g/mol. The largest absolute Gasteiger partial charge is 0.507 e. The molecule has 31 heavy (non-hydrogen) atoms. The van der Waals surface area contributed by atoms with Crippen molar-refractivity contribution in [2.45, 2.75) is 96.5 Å². The molecule has 1 aliphatic carbocycles. The van der Waals surface area contributed by atoms with Crippen LogP contribution in [0.1, 0.15) is 95.6 Å². The second-order valence-electron chi connectivity index (χ2n) is 9.70. The van der Waals surface area contributed by atoms with Crippen LogP contribution in [-0.4, -0.2) is 22.4 Å². The number of phenolic OH excluding ortho intramolecular Hbond substituents is 1. The van der Waals surface area contributed by atoms with Crippen molar-refractivity contribution >= 4 is 0 Å². The van der Waals surface area contributed by atoms with Crippen LogP contribution in [0.5, 0.6) is 11.5 Å². The van der Waals surface area contributed by atoms with E-state index in [4.69, 9.17) is 4.74 Å². The molecule has 0 saturated carbocycles. The first kappa shape index (κ1) is 23.4. The van der Waals surface area contributed by atoms with Gasteiger partial charge in [-0.25, -0.2) is 0 Å². The van der Waals surface area contributed by atoms with Crippen molar-refractivity contribution in [1.82, 2.24) is 0 Å². The summed E-state index contributed by atoms with van der Waals surface area (Å²) in [5.41, 5.74) is 3.27. The van der Waals surface area contributed by atoms with Gasteiger partial charge in [-0.15, -0.1) is 10.1 Å². The molecule has 0 amide bonds. The molecular formula is C25H37NO5. The third kappa shape index (κ3) is 6.14. The summed E-state index contributed by atoms with van der Waals surface area (Å²) in [7, 11) is 0. The summed E-state index contributed by atoms with van der Waals surface area (Å²) >= 11 is 0. The van der Waals surface area contributed by atoms with Crippen molar-refractivity contribution in [2.24, 2.45) is 5.92 Å². The van der Waals surface area contributed by atoms with Crippen molar-refractivity contribution in [3.05, 3.63) is 45.0 Å². The van der Waals surface area contributed by atoms with E-state index in [1.807, 2.05) is 6.07 Å². The molecule has 0 unspecified atom stereocenters. The number of phenols is 1. The standard InChI is InChI=1S/C25H37NO5/c1-18-12-13-21-20(15-18)24-22(27)16-19(17-23(24)31-25(21,2)3)11-9-7-5-4-6-8-10-14-30-26(28)29/h15-17,20-21,27H,4-14H2,1-3H3/t20-,21-/m1/s1. The average Bonchev–Trinajstić information content (AvgIpc) is 2.68. The number of nitrogens with zero attached hydrogens (tertiary/aromatic N) is 1. The molecule has 1 aromatic rings. The van der Waals surface area contributed by atoms with Gasteiger partial charge in [0.15, 0.2) is 0 Å². The van der Waals surface area contributed by atoms with E-state index >= 15 is 0 Å². The predicted octanol–water partition coefficient (Wildman–Crippen LogP) is 6.48. The van der Waals surface area contributed by atoms with Gasteiger partial charge >= 0.3 is 0 Å². The molecule has 1 heterocycles. The van der Waals surface area contributed by atoms with Gasteiger partial charge < -0.3 is 14.7 Å². The quantitative estimate of drug-likeness (QED) is 0.187. The molecule has 6 heteroatoms. The lowest BCUT2D eigenvalue weighted by molar-refractivity contribution is -0.757. The summed E-state index contributed by atoms with van der Waals surface area (Å²) in [5.74, 6) is 1.86. The van der Waals surface area contributed by atoms with Crippen LogP contribution in [0.2, 0.25) is 0 Å². The molecule has 6 nitrogen and oxygen atoms in total. The molecule has 2 aliphatic rings. The van der Waals surface area contributed by atoms with Gasteiger partial charge in [0.2, 0.25) is 0 Å². The molecule has 1 aliphatic heterocycles. The maximum absolute atomic E-state index is 10.8. The van der Waals surface area contributed by atoms with Crippen LogP contribution in [0.25, 0.3) is 0 Å². The Morgan fingerprint density at radius 2 is 1.84 bits per heavy atom. The molecule has 0 fully saturated rings. The Balaban J connectivity index is 1.48. The molecule has 3 rings (SSSR count). The number of aryl methyl sites for hydroxylation is 1. The molecule has 0 aromatic heterocycles. The number of benzene rings is 1. The van der Waals surface area contributed by atoms with Crippen molar-refractivity contribution in [1.29, 1.82) is 0 Å². The lowest BCUT2D eigenvalue weighted by Crippen LogP contribution is -2.45. The summed E-state index contributed by atoms with van der Waals surface area (Å²) in [6.45, 7) is 6.74. The van der Waals surface area contributed by atoms with Gasteiger partial charge in [0.1, 0.15) is 17.1 Å². The summed E-state index contributed by atoms with van der Waals surface area (Å²) in [6, 6.07) is 4.07. The molecule has 2 atom stereocenters. The van der Waals surface area contributed by atoms with E-state index in [0.717, 1.165) is 81.1 Å². The second-order valence-corrected chi connectivity index (χ2v) is 9.70. The summed E-state index contributed by atoms with van der Waals surface area (Å²) in [5, 5.41) is 20.2.